The van der Waals surface area contributed by atoms with Crippen LogP contribution in [0.15, 0.2) is 36.4 Å². The van der Waals surface area contributed by atoms with Crippen LogP contribution in [0.4, 0.5) is 0 Å². The van der Waals surface area contributed by atoms with E-state index < -0.39 is 77.5 Å². The molecule has 0 aliphatic carbocycles. The number of rotatable bonds is 3. The van der Waals surface area contributed by atoms with Gasteiger partial charge in [-0.05, 0) is 89.1 Å². The maximum Gasteiger partial charge on any atom is 0.302 e. The first-order valence-corrected chi connectivity index (χ1v) is 17.4. The fourth-order valence-corrected chi connectivity index (χ4v) is 8.02. The van der Waals surface area contributed by atoms with Gasteiger partial charge in [0.2, 0.25) is 0 Å². The Hall–Kier alpha value is -4.31. The predicted octanol–water partition coefficient (Wildman–Crippen LogP) is 2.55. The van der Waals surface area contributed by atoms with E-state index in [0.29, 0.717) is 27.8 Å². The molecule has 3 aromatic rings. The van der Waals surface area contributed by atoms with Crippen LogP contribution in [0.2, 0.25) is 0 Å². The summed E-state index contributed by atoms with van der Waals surface area (Å²) < 4.78 is 18.0. The molecule has 7 heterocycles. The molecule has 0 saturated carbocycles. The van der Waals surface area contributed by atoms with Gasteiger partial charge < -0.3 is 44.6 Å². The number of aliphatic hydroxyl groups excluding tert-OH is 4. The molecule has 4 aliphatic heterocycles. The average Bonchev–Trinajstić information content (AvgIpc) is 3.75. The number of aromatic amines is 2. The van der Waals surface area contributed by atoms with Crippen LogP contribution in [0.3, 0.4) is 0 Å². The molecule has 14 nitrogen and oxygen atoms in total. The van der Waals surface area contributed by atoms with Gasteiger partial charge in [-0.25, -0.2) is 9.97 Å². The van der Waals surface area contributed by atoms with Gasteiger partial charge in [0, 0.05) is 35.4 Å². The molecule has 0 unspecified atom stereocenters. The van der Waals surface area contributed by atoms with E-state index in [1.54, 1.807) is 52.0 Å². The highest BCUT2D eigenvalue weighted by atomic mass is 16.6. The summed E-state index contributed by atoms with van der Waals surface area (Å²) >= 11 is 0. The molecule has 0 spiro atoms. The van der Waals surface area contributed by atoms with Gasteiger partial charge in [0.1, 0.15) is 58.8 Å². The van der Waals surface area contributed by atoms with E-state index in [1.165, 1.54) is 6.92 Å². The fraction of sp³-hybridized carbons (Fsp3) is 0.500. The Morgan fingerprint density at radius 2 is 1.27 bits per heavy atom. The number of ether oxygens (including phenoxy) is 3. The number of hydrogen-bond acceptors (Lipinski definition) is 12. The Morgan fingerprint density at radius 1 is 0.750 bits per heavy atom. The summed E-state index contributed by atoms with van der Waals surface area (Å²) in [6, 6.07) is 10.3. The Kier molecular flexibility index (Phi) is 8.79. The van der Waals surface area contributed by atoms with E-state index in [1.807, 2.05) is 26.0 Å². The summed E-state index contributed by atoms with van der Waals surface area (Å²) in [5, 5.41) is 42.9. The highest BCUT2D eigenvalue weighted by Crippen LogP contribution is 2.44. The number of carbonyl (C=O) groups is 3. The van der Waals surface area contributed by atoms with E-state index in [2.05, 4.69) is 9.97 Å². The number of carbonyl (C=O) groups excluding carboxylic acids is 3. The quantitative estimate of drug-likeness (QED) is 0.216. The van der Waals surface area contributed by atoms with Gasteiger partial charge in [-0.3, -0.25) is 14.4 Å². The number of aliphatic hydroxyl groups is 4. The molecule has 11 atom stereocenters. The van der Waals surface area contributed by atoms with Crippen molar-refractivity contribution in [2.45, 2.75) is 121 Å². The van der Waals surface area contributed by atoms with Crippen LogP contribution in [-0.4, -0.2) is 113 Å². The topological polar surface area (TPSA) is 217 Å². The van der Waals surface area contributed by atoms with Crippen molar-refractivity contribution in [3.8, 4) is 0 Å². The number of ketones is 2. The fourth-order valence-electron chi connectivity index (χ4n) is 8.02. The number of hydrogen-bond donors (Lipinski definition) is 6. The van der Waals surface area contributed by atoms with Gasteiger partial charge >= 0.3 is 5.97 Å². The summed E-state index contributed by atoms with van der Waals surface area (Å²) in [6.45, 7) is 11.5. The van der Waals surface area contributed by atoms with Crippen molar-refractivity contribution < 1.29 is 49.0 Å². The smallest absolute Gasteiger partial charge is 0.302 e. The molecule has 0 radical (unpaired) electrons. The number of fused-ring (bicyclic) bond motifs is 8. The normalized spacial score (nSPS) is 35.1. The first-order valence-electron chi connectivity index (χ1n) is 17.4. The summed E-state index contributed by atoms with van der Waals surface area (Å²) in [6.07, 6.45) is -10.0. The van der Waals surface area contributed by atoms with Crippen molar-refractivity contribution in [1.82, 2.24) is 19.9 Å². The molecule has 4 aliphatic rings. The Balaban J connectivity index is 1.46. The number of aromatic nitrogens is 4. The van der Waals surface area contributed by atoms with E-state index in [4.69, 9.17) is 24.2 Å². The first-order chi connectivity index (χ1) is 24.4. The van der Waals surface area contributed by atoms with Crippen molar-refractivity contribution in [2.24, 2.45) is 0 Å². The second-order valence-electron chi connectivity index (χ2n) is 15.0. The zero-order valence-electron chi connectivity index (χ0n) is 30.0. The molecule has 2 fully saturated rings. The maximum absolute atomic E-state index is 14.6. The van der Waals surface area contributed by atoms with E-state index in [-0.39, 0.29) is 29.3 Å². The van der Waals surface area contributed by atoms with Gasteiger partial charge in [-0.1, -0.05) is 0 Å². The largest absolute Gasteiger partial charge is 0.460 e. The molecule has 0 aromatic carbocycles. The lowest BCUT2D eigenvalue weighted by Crippen LogP contribution is -2.63. The second kappa shape index (κ2) is 12.7. The van der Waals surface area contributed by atoms with Crippen LogP contribution in [0.25, 0.3) is 22.1 Å². The van der Waals surface area contributed by atoms with Crippen LogP contribution in [-0.2, 0) is 29.8 Å². The Labute approximate surface area is 299 Å². The highest BCUT2D eigenvalue weighted by molar-refractivity contribution is 6.07. The molecule has 3 aromatic heterocycles. The number of H-pyrrole nitrogens is 2. The lowest BCUT2D eigenvalue weighted by Gasteiger charge is -2.45. The lowest BCUT2D eigenvalue weighted by atomic mass is 9.72. The SMILES string of the molecule is CC(=O)O[C@@H]1C[C@@H](O)[C@@H](C)O[C@H]1[C@]1(C)C(=O)c2cc3cc(C)c(cc4nc(cc5[nH]c(cc1n2)cc5C)C(=O)[C@@]4(C)[C@@H]1O[C@H](C)[C@H](O)[C@H](O)[C@H]1O)[nH]3. The van der Waals surface area contributed by atoms with Crippen molar-refractivity contribution >= 4 is 39.6 Å². The summed E-state index contributed by atoms with van der Waals surface area (Å²) in [7, 11) is 0. The minimum atomic E-state index is -1.60. The standard InChI is InChI=1S/C38H44N4O10/c1-15-9-21-11-28-37(6,35-27(52-19(5)43)14-26(44)17(3)50-35)33(48)24(41-28)10-20-8-16(2)23(39-20)13-29-38(7,34(49)25(42-29)12-22(15)40-21)36-32(47)31(46)30(45)18(4)51-36/h8-13,17-18,26-27,30-32,35-36,39-40,44-47H,14H2,1-7H3/t17-,18-,26-,27-,30+,31+,32-,35-,36-,37+,38+/m1/s1. The van der Waals surface area contributed by atoms with Gasteiger partial charge in [0.25, 0.3) is 0 Å². The van der Waals surface area contributed by atoms with Gasteiger partial charge in [0.15, 0.2) is 11.6 Å². The molecule has 0 amide bonds. The molecular weight excluding hydrogens is 672 g/mol. The molecule has 2 saturated heterocycles. The first kappa shape index (κ1) is 36.1. The minimum Gasteiger partial charge on any atom is -0.460 e. The highest BCUT2D eigenvalue weighted by Gasteiger charge is 2.58. The van der Waals surface area contributed by atoms with E-state index >= 15 is 0 Å². The van der Waals surface area contributed by atoms with Crippen LogP contribution < -0.4 is 0 Å². The lowest BCUT2D eigenvalue weighted by molar-refractivity contribution is -0.228. The molecule has 7 rings (SSSR count). The zero-order valence-corrected chi connectivity index (χ0v) is 30.0. The third kappa shape index (κ3) is 5.60. The van der Waals surface area contributed by atoms with Crippen molar-refractivity contribution in [2.75, 3.05) is 0 Å². The second-order valence-corrected chi connectivity index (χ2v) is 15.0. The summed E-state index contributed by atoms with van der Waals surface area (Å²) in [5.74, 6) is -1.38. The number of Topliss-reactive ketones (excluding diaryl/α,β-unsaturated/α-hetero) is 2. The van der Waals surface area contributed by atoms with Crippen LogP contribution in [0.1, 0.15) is 84.5 Å². The molecule has 52 heavy (non-hydrogen) atoms. The molecule has 8 bridgehead atoms. The number of nitrogens with one attached hydrogen (secondary N) is 2. The number of esters is 1. The van der Waals surface area contributed by atoms with Crippen molar-refractivity contribution in [1.29, 1.82) is 0 Å². The Bertz CT molecular complexity index is 2140. The zero-order chi connectivity index (χ0) is 37.6. The van der Waals surface area contributed by atoms with Crippen LogP contribution in [0, 0.1) is 13.8 Å². The number of nitrogens with zero attached hydrogens (tertiary/aromatic N) is 2. The monoisotopic (exact) mass is 716 g/mol. The third-order valence-electron chi connectivity index (χ3n) is 11.3. The van der Waals surface area contributed by atoms with E-state index in [9.17, 15) is 34.8 Å². The number of aryl methyl sites for hydroxylation is 2. The third-order valence-corrected chi connectivity index (χ3v) is 11.3. The molecular formula is C38H44N4O10. The minimum absolute atomic E-state index is 0.0750. The molecule has 14 heteroatoms. The van der Waals surface area contributed by atoms with Crippen LogP contribution >= 0.6 is 0 Å². The van der Waals surface area contributed by atoms with Gasteiger partial charge in [-0.15, -0.1) is 0 Å². The molecule has 6 N–H and O–H groups in total. The van der Waals surface area contributed by atoms with E-state index in [0.717, 1.165) is 11.1 Å². The van der Waals surface area contributed by atoms with Crippen molar-refractivity contribution in [3.05, 3.63) is 70.3 Å². The predicted molar refractivity (Wildman–Crippen MR) is 187 cm³/mol. The summed E-state index contributed by atoms with van der Waals surface area (Å²) in [4.78, 5) is 57.4. The maximum atomic E-state index is 14.6. The van der Waals surface area contributed by atoms with Crippen LogP contribution in [0.5, 0.6) is 0 Å². The molecule has 276 valence electrons. The average molecular weight is 717 g/mol. The van der Waals surface area contributed by atoms with Gasteiger partial charge in [-0.2, -0.15) is 0 Å². The summed E-state index contributed by atoms with van der Waals surface area (Å²) in [5.41, 5.74) is 1.53. The Morgan fingerprint density at radius 3 is 1.88 bits per heavy atom. The van der Waals surface area contributed by atoms with Gasteiger partial charge in [0.05, 0.1) is 29.7 Å². The van der Waals surface area contributed by atoms with Crippen molar-refractivity contribution in [3.63, 3.8) is 0 Å².